The van der Waals surface area contributed by atoms with Gasteiger partial charge in [-0.25, -0.2) is 9.37 Å². The lowest BCUT2D eigenvalue weighted by molar-refractivity contribution is -0.113. The second-order valence-electron chi connectivity index (χ2n) is 6.25. The van der Waals surface area contributed by atoms with E-state index in [-0.39, 0.29) is 23.0 Å². The van der Waals surface area contributed by atoms with E-state index >= 15 is 0 Å². The van der Waals surface area contributed by atoms with Gasteiger partial charge in [0.25, 0.3) is 5.56 Å². The molecule has 4 rings (SSSR count). The standard InChI is InChI=1S/C21H16FN3O2S2/c22-15-6-8-16(9-7-15)23-18(26)13-29-21-24-17-10-11-28-19(17)20(27)25(21)12-14-4-2-1-3-5-14/h1-11H,12-13H2,(H,23,26). The van der Waals surface area contributed by atoms with E-state index in [2.05, 4.69) is 10.3 Å². The van der Waals surface area contributed by atoms with Crippen LogP contribution in [-0.4, -0.2) is 21.2 Å². The van der Waals surface area contributed by atoms with Gasteiger partial charge in [-0.3, -0.25) is 14.2 Å². The van der Waals surface area contributed by atoms with Gasteiger partial charge in [0.1, 0.15) is 10.5 Å². The van der Waals surface area contributed by atoms with Crippen LogP contribution in [-0.2, 0) is 11.3 Å². The summed E-state index contributed by atoms with van der Waals surface area (Å²) in [4.78, 5) is 29.9. The first kappa shape index (κ1) is 19.4. The zero-order valence-corrected chi connectivity index (χ0v) is 16.8. The van der Waals surface area contributed by atoms with Gasteiger partial charge in [-0.05, 0) is 41.3 Å². The van der Waals surface area contributed by atoms with Crippen molar-refractivity contribution in [2.45, 2.75) is 11.7 Å². The van der Waals surface area contributed by atoms with Gasteiger partial charge in [0.05, 0.1) is 17.8 Å². The molecule has 0 atom stereocenters. The third-order valence-electron chi connectivity index (χ3n) is 4.17. The summed E-state index contributed by atoms with van der Waals surface area (Å²) in [6.45, 7) is 0.377. The maximum Gasteiger partial charge on any atom is 0.272 e. The Morgan fingerprint density at radius 2 is 1.86 bits per heavy atom. The fourth-order valence-corrected chi connectivity index (χ4v) is 4.38. The Bertz CT molecular complexity index is 1200. The molecule has 0 radical (unpaired) electrons. The van der Waals surface area contributed by atoms with E-state index in [4.69, 9.17) is 0 Å². The van der Waals surface area contributed by atoms with E-state index in [0.29, 0.717) is 27.6 Å². The van der Waals surface area contributed by atoms with Crippen LogP contribution in [0.2, 0.25) is 0 Å². The highest BCUT2D eigenvalue weighted by Crippen LogP contribution is 2.22. The number of amides is 1. The molecule has 4 aromatic rings. The van der Waals surface area contributed by atoms with Crippen LogP contribution in [0.5, 0.6) is 0 Å². The quantitative estimate of drug-likeness (QED) is 0.368. The molecular formula is C21H16FN3O2S2. The number of carbonyl (C=O) groups excluding carboxylic acids is 1. The number of nitrogens with one attached hydrogen (secondary N) is 1. The van der Waals surface area contributed by atoms with E-state index in [1.165, 1.54) is 47.4 Å². The molecular weight excluding hydrogens is 409 g/mol. The molecule has 2 aromatic carbocycles. The molecule has 146 valence electrons. The molecule has 0 aliphatic carbocycles. The topological polar surface area (TPSA) is 64.0 Å². The largest absolute Gasteiger partial charge is 0.325 e. The Hall–Kier alpha value is -2.97. The minimum Gasteiger partial charge on any atom is -0.325 e. The fourth-order valence-electron chi connectivity index (χ4n) is 2.80. The molecule has 1 N–H and O–H groups in total. The van der Waals surface area contributed by atoms with Gasteiger partial charge in [-0.15, -0.1) is 11.3 Å². The van der Waals surface area contributed by atoms with Crippen molar-refractivity contribution < 1.29 is 9.18 Å². The second-order valence-corrected chi connectivity index (χ2v) is 8.11. The van der Waals surface area contributed by atoms with Gasteiger partial charge < -0.3 is 5.32 Å². The maximum atomic E-state index is 13.0. The summed E-state index contributed by atoms with van der Waals surface area (Å²) in [6.07, 6.45) is 0. The summed E-state index contributed by atoms with van der Waals surface area (Å²) >= 11 is 2.56. The first-order chi connectivity index (χ1) is 14.1. The van der Waals surface area contributed by atoms with Gasteiger partial charge in [0, 0.05) is 5.69 Å². The van der Waals surface area contributed by atoms with Crippen LogP contribution >= 0.6 is 23.1 Å². The van der Waals surface area contributed by atoms with Crippen molar-refractivity contribution in [1.82, 2.24) is 9.55 Å². The van der Waals surface area contributed by atoms with Gasteiger partial charge in [0.2, 0.25) is 5.91 Å². The van der Waals surface area contributed by atoms with Gasteiger partial charge >= 0.3 is 0 Å². The number of fused-ring (bicyclic) bond motifs is 1. The summed E-state index contributed by atoms with van der Waals surface area (Å²) < 4.78 is 15.2. The van der Waals surface area contributed by atoms with Crippen LogP contribution in [0.1, 0.15) is 5.56 Å². The first-order valence-electron chi connectivity index (χ1n) is 8.80. The maximum absolute atomic E-state index is 13.0. The van der Waals surface area contributed by atoms with E-state index < -0.39 is 0 Å². The van der Waals surface area contributed by atoms with Gasteiger partial charge in [-0.2, -0.15) is 0 Å². The second kappa shape index (κ2) is 8.59. The monoisotopic (exact) mass is 425 g/mol. The molecule has 5 nitrogen and oxygen atoms in total. The molecule has 2 aromatic heterocycles. The smallest absolute Gasteiger partial charge is 0.272 e. The summed E-state index contributed by atoms with van der Waals surface area (Å²) in [5, 5.41) is 5.04. The van der Waals surface area contributed by atoms with Crippen molar-refractivity contribution in [3.8, 4) is 0 Å². The predicted octanol–water partition coefficient (Wildman–Crippen LogP) is 4.38. The number of halogens is 1. The van der Waals surface area contributed by atoms with Crippen LogP contribution in [0.15, 0.2) is 76.0 Å². The number of carbonyl (C=O) groups is 1. The summed E-state index contributed by atoms with van der Waals surface area (Å²) in [6, 6.07) is 17.0. The summed E-state index contributed by atoms with van der Waals surface area (Å²) in [7, 11) is 0. The Balaban J connectivity index is 1.57. The van der Waals surface area contributed by atoms with Crippen molar-refractivity contribution in [1.29, 1.82) is 0 Å². The highest BCUT2D eigenvalue weighted by molar-refractivity contribution is 7.99. The van der Waals surface area contributed by atoms with Crippen LogP contribution in [0, 0.1) is 5.82 Å². The van der Waals surface area contributed by atoms with Crippen molar-refractivity contribution >= 4 is 44.9 Å². The lowest BCUT2D eigenvalue weighted by atomic mass is 10.2. The molecule has 0 bridgehead atoms. The normalized spacial score (nSPS) is 10.9. The Morgan fingerprint density at radius 3 is 2.62 bits per heavy atom. The number of hydrogen-bond donors (Lipinski definition) is 1. The van der Waals surface area contributed by atoms with Crippen LogP contribution < -0.4 is 10.9 Å². The molecule has 0 fully saturated rings. The van der Waals surface area contributed by atoms with Crippen LogP contribution in [0.3, 0.4) is 0 Å². The average Bonchev–Trinajstić information content (AvgIpc) is 3.20. The third-order valence-corrected chi connectivity index (χ3v) is 6.04. The number of anilines is 1. The van der Waals surface area contributed by atoms with E-state index in [1.54, 1.807) is 10.6 Å². The van der Waals surface area contributed by atoms with Crippen molar-refractivity contribution in [2.24, 2.45) is 0 Å². The van der Waals surface area contributed by atoms with E-state index in [1.807, 2.05) is 35.7 Å². The fraction of sp³-hybridized carbons (Fsp3) is 0.0952. The number of nitrogens with zero attached hydrogens (tertiary/aromatic N) is 2. The van der Waals surface area contributed by atoms with Crippen molar-refractivity contribution in [3.05, 3.63) is 87.8 Å². The van der Waals surface area contributed by atoms with Crippen molar-refractivity contribution in [3.63, 3.8) is 0 Å². The zero-order valence-electron chi connectivity index (χ0n) is 15.2. The number of thioether (sulfide) groups is 1. The zero-order chi connectivity index (χ0) is 20.2. The number of thiophene rings is 1. The number of rotatable bonds is 6. The molecule has 1 amide bonds. The lowest BCUT2D eigenvalue weighted by Crippen LogP contribution is -2.24. The minimum absolute atomic E-state index is 0.0776. The van der Waals surface area contributed by atoms with Crippen LogP contribution in [0.4, 0.5) is 10.1 Å². The van der Waals surface area contributed by atoms with Crippen molar-refractivity contribution in [2.75, 3.05) is 11.1 Å². The molecule has 0 aliphatic heterocycles. The van der Waals surface area contributed by atoms with Gasteiger partial charge in [-0.1, -0.05) is 42.1 Å². The number of hydrogen-bond acceptors (Lipinski definition) is 5. The highest BCUT2D eigenvalue weighted by atomic mass is 32.2. The molecule has 0 aliphatic rings. The minimum atomic E-state index is -0.365. The highest BCUT2D eigenvalue weighted by Gasteiger charge is 2.15. The molecule has 0 unspecified atom stereocenters. The van der Waals surface area contributed by atoms with Crippen LogP contribution in [0.25, 0.3) is 10.2 Å². The molecule has 8 heteroatoms. The van der Waals surface area contributed by atoms with E-state index in [0.717, 1.165) is 5.56 Å². The molecule has 29 heavy (non-hydrogen) atoms. The average molecular weight is 426 g/mol. The summed E-state index contributed by atoms with van der Waals surface area (Å²) in [5.74, 6) is -0.544. The Labute approximate surface area is 174 Å². The Kier molecular flexibility index (Phi) is 5.73. The third kappa shape index (κ3) is 4.55. The molecule has 0 saturated heterocycles. The lowest BCUT2D eigenvalue weighted by Gasteiger charge is -2.12. The number of benzene rings is 2. The first-order valence-corrected chi connectivity index (χ1v) is 10.7. The van der Waals surface area contributed by atoms with Gasteiger partial charge in [0.15, 0.2) is 5.16 Å². The summed E-state index contributed by atoms with van der Waals surface area (Å²) in [5.41, 5.74) is 2.01. The molecule has 0 spiro atoms. The predicted molar refractivity (Wildman–Crippen MR) is 115 cm³/mol. The molecule has 2 heterocycles. The Morgan fingerprint density at radius 1 is 1.10 bits per heavy atom. The van der Waals surface area contributed by atoms with E-state index in [9.17, 15) is 14.0 Å². The SMILES string of the molecule is O=C(CSc1nc2ccsc2c(=O)n1Cc1ccccc1)Nc1ccc(F)cc1. The number of aromatic nitrogens is 2. The molecule has 0 saturated carbocycles.